The molecule has 7 heteroatoms. The number of nitrogens with zero attached hydrogens (tertiary/aromatic N) is 1. The normalized spacial score (nSPS) is 11.6. The Bertz CT molecular complexity index is 985. The molecule has 1 amide bonds. The number of pyridine rings is 1. The van der Waals surface area contributed by atoms with Crippen LogP contribution in [0.3, 0.4) is 0 Å². The van der Waals surface area contributed by atoms with Crippen LogP contribution in [0.4, 0.5) is 0 Å². The van der Waals surface area contributed by atoms with Crippen molar-refractivity contribution in [3.63, 3.8) is 0 Å². The van der Waals surface area contributed by atoms with Crippen LogP contribution in [0, 0.1) is 0 Å². The minimum absolute atomic E-state index is 0.265. The molecule has 3 aromatic rings. The average molecular weight is 452 g/mol. The van der Waals surface area contributed by atoms with Crippen molar-refractivity contribution in [3.05, 3.63) is 84.2 Å². The van der Waals surface area contributed by atoms with Crippen LogP contribution in [0.25, 0.3) is 11.1 Å². The number of benzene rings is 2. The molecule has 0 fully saturated rings. The molecule has 0 aliphatic carbocycles. The van der Waals surface area contributed by atoms with Gasteiger partial charge in [-0.2, -0.15) is 11.8 Å². The first-order chi connectivity index (χ1) is 15.2. The summed E-state index contributed by atoms with van der Waals surface area (Å²) in [6.45, 7) is 0. The van der Waals surface area contributed by atoms with E-state index in [1.807, 2.05) is 73.1 Å². The van der Waals surface area contributed by atoms with Crippen LogP contribution < -0.4 is 10.9 Å². The molecule has 5 nitrogen and oxygen atoms in total. The number of hydrogen-bond acceptors (Lipinski definition) is 6. The predicted molar refractivity (Wildman–Crippen MR) is 129 cm³/mol. The first-order valence-electron chi connectivity index (χ1n) is 9.92. The van der Waals surface area contributed by atoms with Crippen LogP contribution in [0.1, 0.15) is 22.3 Å². The molecule has 0 bridgehead atoms. The molecule has 0 aliphatic rings. The van der Waals surface area contributed by atoms with Crippen LogP contribution in [0.5, 0.6) is 0 Å². The van der Waals surface area contributed by atoms with Crippen molar-refractivity contribution in [2.24, 2.45) is 0 Å². The molecular formula is C24H25N3O2S2. The predicted octanol–water partition coefficient (Wildman–Crippen LogP) is 4.60. The zero-order chi connectivity index (χ0) is 21.9. The molecule has 3 rings (SSSR count). The zero-order valence-electron chi connectivity index (χ0n) is 17.3. The summed E-state index contributed by atoms with van der Waals surface area (Å²) in [7, 11) is 0. The molecule has 2 N–H and O–H groups in total. The molecule has 1 heterocycles. The standard InChI is InChI=1S/C24H25N3O2S2/c1-30-13-11-20(16-28)26-27-24(29)22-10-9-21(31-17-18-6-5-12-25-15-18)14-23(22)19-7-3-2-4-8-19/h2-10,12,14-16,20,26H,11,13,17H2,1H3,(H,27,29). The van der Waals surface area contributed by atoms with Crippen molar-refractivity contribution in [3.8, 4) is 11.1 Å². The Labute approximate surface area is 191 Å². The molecule has 0 saturated carbocycles. The number of aromatic nitrogens is 1. The van der Waals surface area contributed by atoms with Crippen LogP contribution in [-0.2, 0) is 10.5 Å². The highest BCUT2D eigenvalue weighted by molar-refractivity contribution is 7.98. The van der Waals surface area contributed by atoms with E-state index in [1.165, 1.54) is 0 Å². The fourth-order valence-electron chi connectivity index (χ4n) is 2.96. The van der Waals surface area contributed by atoms with Gasteiger partial charge in [-0.1, -0.05) is 36.4 Å². The fraction of sp³-hybridized carbons (Fsp3) is 0.208. The summed E-state index contributed by atoms with van der Waals surface area (Å²) in [5.41, 5.74) is 9.06. The summed E-state index contributed by atoms with van der Waals surface area (Å²) in [5, 5.41) is 0. The van der Waals surface area contributed by atoms with Gasteiger partial charge < -0.3 is 4.79 Å². The summed E-state index contributed by atoms with van der Waals surface area (Å²) in [6, 6.07) is 19.2. The van der Waals surface area contributed by atoms with Gasteiger partial charge in [0.15, 0.2) is 0 Å². The second-order valence-electron chi connectivity index (χ2n) is 6.85. The van der Waals surface area contributed by atoms with E-state index in [-0.39, 0.29) is 5.91 Å². The van der Waals surface area contributed by atoms with Gasteiger partial charge in [0.05, 0.1) is 6.04 Å². The van der Waals surface area contributed by atoms with Gasteiger partial charge in [-0.3, -0.25) is 15.2 Å². The van der Waals surface area contributed by atoms with Crippen molar-refractivity contribution < 1.29 is 9.59 Å². The van der Waals surface area contributed by atoms with Crippen molar-refractivity contribution in [1.29, 1.82) is 0 Å². The van der Waals surface area contributed by atoms with E-state index in [4.69, 9.17) is 0 Å². The van der Waals surface area contributed by atoms with E-state index in [1.54, 1.807) is 29.7 Å². The number of aldehydes is 1. The number of nitrogens with one attached hydrogen (secondary N) is 2. The fourth-order valence-corrected chi connectivity index (χ4v) is 4.32. The number of thioether (sulfide) groups is 2. The Balaban J connectivity index is 1.78. The monoisotopic (exact) mass is 451 g/mol. The Morgan fingerprint density at radius 3 is 2.68 bits per heavy atom. The number of hydrogen-bond donors (Lipinski definition) is 2. The minimum atomic E-state index is -0.411. The first kappa shape index (κ1) is 23.1. The molecule has 1 unspecified atom stereocenters. The highest BCUT2D eigenvalue weighted by Crippen LogP contribution is 2.30. The van der Waals surface area contributed by atoms with E-state index in [0.717, 1.165) is 39.4 Å². The summed E-state index contributed by atoms with van der Waals surface area (Å²) >= 11 is 3.36. The molecule has 31 heavy (non-hydrogen) atoms. The van der Waals surface area contributed by atoms with E-state index in [9.17, 15) is 9.59 Å². The van der Waals surface area contributed by atoms with Crippen LogP contribution in [-0.4, -0.2) is 35.2 Å². The Morgan fingerprint density at radius 1 is 1.13 bits per heavy atom. The summed E-state index contributed by atoms with van der Waals surface area (Å²) < 4.78 is 0. The first-order valence-corrected chi connectivity index (χ1v) is 12.3. The SMILES string of the molecule is CSCCC(C=O)NNC(=O)c1ccc(SCc2cccnc2)cc1-c1ccccc1. The van der Waals surface area contributed by atoms with E-state index in [0.29, 0.717) is 12.0 Å². The number of rotatable bonds is 11. The molecule has 0 aliphatic heterocycles. The smallest absolute Gasteiger partial charge is 0.266 e. The molecule has 2 aromatic carbocycles. The number of hydrazine groups is 1. The maximum Gasteiger partial charge on any atom is 0.266 e. The second-order valence-corrected chi connectivity index (χ2v) is 8.88. The highest BCUT2D eigenvalue weighted by atomic mass is 32.2. The lowest BCUT2D eigenvalue weighted by molar-refractivity contribution is -0.109. The van der Waals surface area contributed by atoms with Gasteiger partial charge >= 0.3 is 0 Å². The molecule has 160 valence electrons. The Hall–Kier alpha value is -2.61. The Kier molecular flexibility index (Phi) is 9.15. The van der Waals surface area contributed by atoms with Crippen molar-refractivity contribution in [2.45, 2.75) is 23.1 Å². The largest absolute Gasteiger partial charge is 0.302 e. The third-order valence-corrected chi connectivity index (χ3v) is 6.33. The van der Waals surface area contributed by atoms with Crippen molar-refractivity contribution >= 4 is 35.7 Å². The van der Waals surface area contributed by atoms with Crippen LogP contribution >= 0.6 is 23.5 Å². The lowest BCUT2D eigenvalue weighted by atomic mass is 9.99. The number of carbonyl (C=O) groups is 2. The molecule has 1 atom stereocenters. The van der Waals surface area contributed by atoms with Crippen LogP contribution in [0.2, 0.25) is 0 Å². The molecule has 0 saturated heterocycles. The molecular weight excluding hydrogens is 426 g/mol. The third-order valence-electron chi connectivity index (χ3n) is 4.62. The Morgan fingerprint density at radius 2 is 1.97 bits per heavy atom. The van der Waals surface area contributed by atoms with Gasteiger partial charge in [0, 0.05) is 28.6 Å². The van der Waals surface area contributed by atoms with Gasteiger partial charge in [0.25, 0.3) is 5.91 Å². The number of carbonyl (C=O) groups excluding carboxylic acids is 2. The van der Waals surface area contributed by atoms with E-state index >= 15 is 0 Å². The van der Waals surface area contributed by atoms with Crippen molar-refractivity contribution in [2.75, 3.05) is 12.0 Å². The number of amides is 1. The van der Waals surface area contributed by atoms with Gasteiger partial charge in [-0.05, 0) is 59.4 Å². The van der Waals surface area contributed by atoms with E-state index in [2.05, 4.69) is 15.8 Å². The van der Waals surface area contributed by atoms with Gasteiger partial charge in [0.2, 0.25) is 0 Å². The highest BCUT2D eigenvalue weighted by Gasteiger charge is 2.15. The lowest BCUT2D eigenvalue weighted by Crippen LogP contribution is -2.45. The molecule has 0 radical (unpaired) electrons. The summed E-state index contributed by atoms with van der Waals surface area (Å²) in [4.78, 5) is 29.4. The minimum Gasteiger partial charge on any atom is -0.302 e. The second kappa shape index (κ2) is 12.3. The van der Waals surface area contributed by atoms with Crippen molar-refractivity contribution in [1.82, 2.24) is 15.8 Å². The quantitative estimate of drug-likeness (QED) is 0.252. The summed E-state index contributed by atoms with van der Waals surface area (Å²) in [6.07, 6.45) is 7.09. The maximum absolute atomic E-state index is 12.9. The van der Waals surface area contributed by atoms with Gasteiger partial charge in [-0.15, -0.1) is 11.8 Å². The van der Waals surface area contributed by atoms with Gasteiger partial charge in [0.1, 0.15) is 6.29 Å². The maximum atomic E-state index is 12.9. The zero-order valence-corrected chi connectivity index (χ0v) is 18.9. The average Bonchev–Trinajstić information content (AvgIpc) is 2.83. The summed E-state index contributed by atoms with van der Waals surface area (Å²) in [5.74, 6) is 1.37. The third kappa shape index (κ3) is 6.95. The topological polar surface area (TPSA) is 71.1 Å². The molecule has 0 spiro atoms. The van der Waals surface area contributed by atoms with Gasteiger partial charge in [-0.25, -0.2) is 5.43 Å². The van der Waals surface area contributed by atoms with Crippen LogP contribution in [0.15, 0.2) is 78.0 Å². The molecule has 1 aromatic heterocycles. The van der Waals surface area contributed by atoms with E-state index < -0.39 is 6.04 Å². The lowest BCUT2D eigenvalue weighted by Gasteiger charge is -2.16.